The van der Waals surface area contributed by atoms with E-state index in [1.165, 1.54) is 19.3 Å². The first-order chi connectivity index (χ1) is 12.4. The molecule has 1 saturated carbocycles. The lowest BCUT2D eigenvalue weighted by Gasteiger charge is -2.38. The molecule has 26 heavy (non-hydrogen) atoms. The Hall–Kier alpha value is -1.59. The van der Waals surface area contributed by atoms with Crippen molar-refractivity contribution in [2.24, 2.45) is 5.92 Å². The Morgan fingerprint density at radius 3 is 2.23 bits per heavy atom. The smallest absolute Gasteiger partial charge is 0.319 e. The van der Waals surface area contributed by atoms with E-state index in [1.807, 2.05) is 45.9 Å². The molecule has 2 aliphatic rings. The molecule has 0 bridgehead atoms. The molecule has 2 amide bonds. The third-order valence-electron chi connectivity index (χ3n) is 5.87. The zero-order valence-corrected chi connectivity index (χ0v) is 16.4. The molecule has 0 spiro atoms. The summed E-state index contributed by atoms with van der Waals surface area (Å²) in [7, 11) is 0. The first-order valence-electron chi connectivity index (χ1n) is 9.88. The number of anilines is 1. The molecule has 2 fully saturated rings. The second-order valence-electron chi connectivity index (χ2n) is 7.87. The topological polar surface area (TPSA) is 59.6 Å². The summed E-state index contributed by atoms with van der Waals surface area (Å²) in [6.07, 6.45) is 5.96. The van der Waals surface area contributed by atoms with Gasteiger partial charge in [0.25, 0.3) is 0 Å². The van der Waals surface area contributed by atoms with Crippen molar-refractivity contribution in [2.45, 2.75) is 77.8 Å². The number of para-hydroxylation sites is 1. The predicted octanol–water partition coefficient (Wildman–Crippen LogP) is 4.53. The van der Waals surface area contributed by atoms with Crippen LogP contribution in [0.1, 0.15) is 57.1 Å². The Morgan fingerprint density at radius 1 is 1.08 bits per heavy atom. The fourth-order valence-electron chi connectivity index (χ4n) is 4.18. The number of carbonyl (C=O) groups is 1. The molecule has 1 aliphatic carbocycles. The molecule has 1 aromatic carbocycles. The van der Waals surface area contributed by atoms with Crippen LogP contribution in [0.5, 0.6) is 0 Å². The third kappa shape index (κ3) is 4.04. The number of urea groups is 1. The highest BCUT2D eigenvalue weighted by atomic mass is 16.8. The van der Waals surface area contributed by atoms with Gasteiger partial charge in [-0.05, 0) is 51.7 Å². The van der Waals surface area contributed by atoms with Gasteiger partial charge in [0.15, 0.2) is 5.79 Å². The molecule has 144 valence electrons. The first-order valence-corrected chi connectivity index (χ1v) is 9.88. The van der Waals surface area contributed by atoms with E-state index in [0.717, 1.165) is 29.7 Å². The van der Waals surface area contributed by atoms with Crippen LogP contribution in [-0.2, 0) is 9.47 Å². The van der Waals surface area contributed by atoms with Gasteiger partial charge >= 0.3 is 6.03 Å². The van der Waals surface area contributed by atoms with Crippen molar-refractivity contribution in [3.63, 3.8) is 0 Å². The monoisotopic (exact) mass is 360 g/mol. The number of ether oxygens (including phenoxy) is 2. The van der Waals surface area contributed by atoms with E-state index >= 15 is 0 Å². The van der Waals surface area contributed by atoms with Crippen LogP contribution in [0, 0.1) is 19.8 Å². The van der Waals surface area contributed by atoms with Crippen molar-refractivity contribution in [2.75, 3.05) is 11.9 Å². The van der Waals surface area contributed by atoms with Gasteiger partial charge in [-0.1, -0.05) is 37.5 Å². The van der Waals surface area contributed by atoms with E-state index in [-0.39, 0.29) is 18.2 Å². The average molecular weight is 360 g/mol. The van der Waals surface area contributed by atoms with Gasteiger partial charge < -0.3 is 20.1 Å². The maximum absolute atomic E-state index is 12.5. The summed E-state index contributed by atoms with van der Waals surface area (Å²) >= 11 is 0. The van der Waals surface area contributed by atoms with Crippen molar-refractivity contribution in [3.8, 4) is 0 Å². The Balaban J connectivity index is 1.67. The summed E-state index contributed by atoms with van der Waals surface area (Å²) in [5.41, 5.74) is 2.97. The number of hydrogen-bond donors (Lipinski definition) is 2. The van der Waals surface area contributed by atoms with Gasteiger partial charge in [0, 0.05) is 11.6 Å². The third-order valence-corrected chi connectivity index (χ3v) is 5.87. The number of benzene rings is 1. The van der Waals surface area contributed by atoms with Crippen LogP contribution in [0.25, 0.3) is 0 Å². The Kier molecular flexibility index (Phi) is 5.88. The number of amides is 2. The molecule has 5 nitrogen and oxygen atoms in total. The van der Waals surface area contributed by atoms with Crippen molar-refractivity contribution in [1.29, 1.82) is 0 Å². The van der Waals surface area contributed by atoms with Gasteiger partial charge in [0.1, 0.15) is 0 Å². The van der Waals surface area contributed by atoms with Crippen molar-refractivity contribution in [1.82, 2.24) is 5.32 Å². The van der Waals surface area contributed by atoms with Crippen LogP contribution in [0.15, 0.2) is 18.2 Å². The fourth-order valence-corrected chi connectivity index (χ4v) is 4.18. The number of nitrogens with one attached hydrogen (secondary N) is 2. The second-order valence-corrected chi connectivity index (χ2v) is 7.87. The van der Waals surface area contributed by atoms with Crippen molar-refractivity contribution < 1.29 is 14.3 Å². The molecule has 0 radical (unpaired) electrons. The maximum Gasteiger partial charge on any atom is 0.319 e. The molecule has 1 aromatic rings. The van der Waals surface area contributed by atoms with E-state index in [2.05, 4.69) is 10.6 Å². The Labute approximate surface area is 156 Å². The van der Waals surface area contributed by atoms with Gasteiger partial charge in [-0.3, -0.25) is 0 Å². The lowest BCUT2D eigenvalue weighted by atomic mass is 9.83. The van der Waals surface area contributed by atoms with Crippen LogP contribution in [0.3, 0.4) is 0 Å². The van der Waals surface area contributed by atoms with Gasteiger partial charge in [-0.2, -0.15) is 0 Å². The summed E-state index contributed by atoms with van der Waals surface area (Å²) in [6, 6.07) is 5.78. The molecule has 3 rings (SSSR count). The average Bonchev–Trinajstić information content (AvgIpc) is 2.93. The van der Waals surface area contributed by atoms with Gasteiger partial charge in [0.05, 0.1) is 18.8 Å². The standard InChI is InChI=1S/C21H32N2O3/c1-14-9-8-10-15(2)19(14)23-20(24)22-13-21(18-11-6-5-7-12-18)25-16(3)17(4)26-21/h8-10,16-18H,5-7,11-13H2,1-4H3,(H2,22,23,24)/t16-,17-/m1/s1. The normalized spacial score (nSPS) is 25.8. The lowest BCUT2D eigenvalue weighted by Crippen LogP contribution is -2.51. The van der Waals surface area contributed by atoms with Gasteiger partial charge in [-0.15, -0.1) is 0 Å². The quantitative estimate of drug-likeness (QED) is 0.829. The van der Waals surface area contributed by atoms with Gasteiger partial charge in [-0.25, -0.2) is 4.79 Å². The molecule has 2 atom stereocenters. The highest BCUT2D eigenvalue weighted by molar-refractivity contribution is 5.91. The van der Waals surface area contributed by atoms with Crippen LogP contribution in [-0.4, -0.2) is 30.6 Å². The minimum absolute atomic E-state index is 0.0420. The predicted molar refractivity (Wildman–Crippen MR) is 103 cm³/mol. The zero-order valence-electron chi connectivity index (χ0n) is 16.4. The number of aryl methyl sites for hydroxylation is 2. The molecular formula is C21H32N2O3. The van der Waals surface area contributed by atoms with Crippen LogP contribution in [0.4, 0.5) is 10.5 Å². The molecule has 2 N–H and O–H groups in total. The highest BCUT2D eigenvalue weighted by Gasteiger charge is 2.49. The zero-order chi connectivity index (χ0) is 18.7. The minimum atomic E-state index is -0.697. The summed E-state index contributed by atoms with van der Waals surface area (Å²) in [5, 5.41) is 5.99. The number of hydrogen-bond acceptors (Lipinski definition) is 3. The Bertz CT molecular complexity index is 610. The molecule has 1 aliphatic heterocycles. The molecule has 5 heteroatoms. The maximum atomic E-state index is 12.5. The summed E-state index contributed by atoms with van der Waals surface area (Å²) < 4.78 is 12.6. The number of carbonyl (C=O) groups excluding carboxylic acids is 1. The van der Waals surface area contributed by atoms with Crippen LogP contribution >= 0.6 is 0 Å². The molecule has 0 unspecified atom stereocenters. The molecule has 1 heterocycles. The van der Waals surface area contributed by atoms with E-state index in [9.17, 15) is 4.79 Å². The van der Waals surface area contributed by atoms with E-state index in [0.29, 0.717) is 12.5 Å². The minimum Gasteiger partial charge on any atom is -0.342 e. The Morgan fingerprint density at radius 2 is 1.65 bits per heavy atom. The fraction of sp³-hybridized carbons (Fsp3) is 0.667. The van der Waals surface area contributed by atoms with Crippen molar-refractivity contribution >= 4 is 11.7 Å². The first kappa shape index (κ1) is 19.2. The van der Waals surface area contributed by atoms with Crippen molar-refractivity contribution in [3.05, 3.63) is 29.3 Å². The second kappa shape index (κ2) is 7.97. The summed E-state index contributed by atoms with van der Waals surface area (Å²) in [6.45, 7) is 8.47. The molecule has 0 aromatic heterocycles. The van der Waals surface area contributed by atoms with Crippen LogP contribution < -0.4 is 10.6 Å². The highest BCUT2D eigenvalue weighted by Crippen LogP contribution is 2.41. The lowest BCUT2D eigenvalue weighted by molar-refractivity contribution is -0.210. The summed E-state index contributed by atoms with van der Waals surface area (Å²) in [5.74, 6) is -0.360. The molecule has 1 saturated heterocycles. The SMILES string of the molecule is Cc1cccc(C)c1NC(=O)NCC1(C2CCCCC2)O[C@H](C)[C@@H](C)O1. The van der Waals surface area contributed by atoms with Gasteiger partial charge in [0.2, 0.25) is 0 Å². The largest absolute Gasteiger partial charge is 0.342 e. The number of rotatable bonds is 4. The summed E-state index contributed by atoms with van der Waals surface area (Å²) in [4.78, 5) is 12.5. The van der Waals surface area contributed by atoms with E-state index < -0.39 is 5.79 Å². The molecular weight excluding hydrogens is 328 g/mol. The van der Waals surface area contributed by atoms with Crippen LogP contribution in [0.2, 0.25) is 0 Å². The van der Waals surface area contributed by atoms with E-state index in [1.54, 1.807) is 0 Å². The van der Waals surface area contributed by atoms with E-state index in [4.69, 9.17) is 9.47 Å².